The zero-order valence-corrected chi connectivity index (χ0v) is 15.0. The van der Waals surface area contributed by atoms with Crippen LogP contribution in [0.3, 0.4) is 0 Å². The Morgan fingerprint density at radius 3 is 2.48 bits per heavy atom. The minimum atomic E-state index is -0.719. The van der Waals surface area contributed by atoms with E-state index in [1.165, 1.54) is 0 Å². The quantitative estimate of drug-likeness (QED) is 0.521. The van der Waals surface area contributed by atoms with Gasteiger partial charge < -0.3 is 15.3 Å². The zero-order chi connectivity index (χ0) is 18.1. The van der Waals surface area contributed by atoms with Gasteiger partial charge in [-0.05, 0) is 55.9 Å². The molecule has 0 heterocycles. The number of carbonyl (C=O) groups is 1. The molecule has 4 nitrogen and oxygen atoms in total. The van der Waals surface area contributed by atoms with Gasteiger partial charge in [0.1, 0.15) is 0 Å². The first-order valence-corrected chi connectivity index (χ1v) is 9.70. The summed E-state index contributed by atoms with van der Waals surface area (Å²) < 4.78 is 0. The standard InChI is InChI=1S/C21H32O4/c22-19(17-8-4-3-5-9-17)14-12-16-13-15-20(23)18(16)10-6-1-2-7-11-21(24)25/h3-5,8-9,16,18-20,22-23H,1-2,6-7,10-15H2,(H,24,25)/t16?,18?,19?,20-/m0/s1. The number of rotatable bonds is 11. The van der Waals surface area contributed by atoms with Crippen molar-refractivity contribution in [2.75, 3.05) is 0 Å². The third-order valence-electron chi connectivity index (χ3n) is 5.61. The van der Waals surface area contributed by atoms with Crippen LogP contribution < -0.4 is 0 Å². The number of benzene rings is 1. The number of carboxylic acid groups (broad SMARTS) is 1. The van der Waals surface area contributed by atoms with E-state index in [0.717, 1.165) is 63.4 Å². The first kappa shape index (κ1) is 19.9. The molecule has 0 aromatic heterocycles. The molecule has 1 saturated carbocycles. The number of carboxylic acids is 1. The predicted octanol–water partition coefficient (Wildman–Crippen LogP) is 4.31. The first-order valence-electron chi connectivity index (χ1n) is 9.70. The van der Waals surface area contributed by atoms with E-state index in [1.54, 1.807) is 0 Å². The molecule has 140 valence electrons. The molecule has 0 saturated heterocycles. The minimum absolute atomic E-state index is 0.210. The summed E-state index contributed by atoms with van der Waals surface area (Å²) in [5.41, 5.74) is 0.969. The van der Waals surface area contributed by atoms with Gasteiger partial charge in [-0.25, -0.2) is 0 Å². The van der Waals surface area contributed by atoms with Gasteiger partial charge in [-0.1, -0.05) is 49.6 Å². The summed E-state index contributed by atoms with van der Waals surface area (Å²) in [5, 5.41) is 29.3. The molecule has 1 aliphatic rings. The second kappa shape index (κ2) is 10.6. The summed E-state index contributed by atoms with van der Waals surface area (Å²) >= 11 is 0. The average molecular weight is 348 g/mol. The van der Waals surface area contributed by atoms with Gasteiger partial charge in [0.2, 0.25) is 0 Å². The lowest BCUT2D eigenvalue weighted by Gasteiger charge is -2.23. The van der Waals surface area contributed by atoms with Crippen molar-refractivity contribution in [3.05, 3.63) is 35.9 Å². The van der Waals surface area contributed by atoms with Gasteiger partial charge >= 0.3 is 5.97 Å². The highest BCUT2D eigenvalue weighted by Gasteiger charge is 2.34. The van der Waals surface area contributed by atoms with E-state index in [0.29, 0.717) is 11.8 Å². The molecule has 0 radical (unpaired) electrons. The summed E-state index contributed by atoms with van der Waals surface area (Å²) in [6.45, 7) is 0. The van der Waals surface area contributed by atoms with Gasteiger partial charge in [0.25, 0.3) is 0 Å². The SMILES string of the molecule is O=C(O)CCCCCCC1C(CCC(O)c2ccccc2)CC[C@@H]1O. The first-order chi connectivity index (χ1) is 12.1. The van der Waals surface area contributed by atoms with Crippen LogP contribution in [0.15, 0.2) is 30.3 Å². The highest BCUT2D eigenvalue weighted by Crippen LogP contribution is 2.39. The lowest BCUT2D eigenvalue weighted by Crippen LogP contribution is -2.19. The maximum atomic E-state index is 10.5. The fourth-order valence-corrected chi connectivity index (χ4v) is 4.14. The van der Waals surface area contributed by atoms with Crippen LogP contribution in [0.2, 0.25) is 0 Å². The van der Waals surface area contributed by atoms with Gasteiger partial charge in [0, 0.05) is 6.42 Å². The largest absolute Gasteiger partial charge is 0.481 e. The van der Waals surface area contributed by atoms with Gasteiger partial charge in [-0.3, -0.25) is 4.79 Å². The number of aliphatic carboxylic acids is 1. The summed E-state index contributed by atoms with van der Waals surface area (Å²) in [6, 6.07) is 9.78. The zero-order valence-electron chi connectivity index (χ0n) is 15.0. The highest BCUT2D eigenvalue weighted by molar-refractivity contribution is 5.66. The van der Waals surface area contributed by atoms with Crippen molar-refractivity contribution in [1.29, 1.82) is 0 Å². The maximum Gasteiger partial charge on any atom is 0.303 e. The number of unbranched alkanes of at least 4 members (excludes halogenated alkanes) is 3. The maximum absolute atomic E-state index is 10.5. The van der Waals surface area contributed by atoms with Crippen molar-refractivity contribution in [2.45, 2.75) is 76.4 Å². The van der Waals surface area contributed by atoms with Crippen LogP contribution >= 0.6 is 0 Å². The van der Waals surface area contributed by atoms with Crippen LogP contribution in [-0.2, 0) is 4.79 Å². The molecule has 0 spiro atoms. The van der Waals surface area contributed by atoms with Crippen LogP contribution in [0.1, 0.15) is 75.9 Å². The Labute approximate surface area is 150 Å². The van der Waals surface area contributed by atoms with Crippen LogP contribution in [0.25, 0.3) is 0 Å². The summed E-state index contributed by atoms with van der Waals surface area (Å²) in [5.74, 6) is 0.109. The number of aliphatic hydroxyl groups is 2. The molecule has 3 unspecified atom stereocenters. The van der Waals surface area contributed by atoms with Crippen molar-refractivity contribution in [3.63, 3.8) is 0 Å². The van der Waals surface area contributed by atoms with Gasteiger partial charge in [-0.2, -0.15) is 0 Å². The molecule has 0 amide bonds. The molecule has 4 atom stereocenters. The number of aliphatic hydroxyl groups excluding tert-OH is 2. The Morgan fingerprint density at radius 2 is 1.76 bits per heavy atom. The Balaban J connectivity index is 1.69. The average Bonchev–Trinajstić information content (AvgIpc) is 2.96. The Bertz CT molecular complexity index is 502. The van der Waals surface area contributed by atoms with Crippen LogP contribution in [0.5, 0.6) is 0 Å². The molecule has 1 aromatic carbocycles. The van der Waals surface area contributed by atoms with E-state index in [9.17, 15) is 15.0 Å². The molecule has 1 fully saturated rings. The van der Waals surface area contributed by atoms with E-state index in [2.05, 4.69) is 0 Å². The lowest BCUT2D eigenvalue weighted by atomic mass is 9.85. The van der Waals surface area contributed by atoms with Crippen LogP contribution in [-0.4, -0.2) is 27.4 Å². The summed E-state index contributed by atoms with van der Waals surface area (Å²) in [4.78, 5) is 10.5. The van der Waals surface area contributed by atoms with E-state index < -0.39 is 12.1 Å². The van der Waals surface area contributed by atoms with Gasteiger partial charge in [0.05, 0.1) is 12.2 Å². The molecule has 1 aliphatic carbocycles. The van der Waals surface area contributed by atoms with Crippen LogP contribution in [0.4, 0.5) is 0 Å². The topological polar surface area (TPSA) is 77.8 Å². The molecule has 3 N–H and O–H groups in total. The summed E-state index contributed by atoms with van der Waals surface area (Å²) in [7, 11) is 0. The Kier molecular flexibility index (Phi) is 8.42. The molecule has 4 heteroatoms. The second-order valence-electron chi connectivity index (χ2n) is 7.42. The number of hydrogen-bond acceptors (Lipinski definition) is 3. The molecule has 0 aliphatic heterocycles. The molecule has 1 aromatic rings. The van der Waals surface area contributed by atoms with E-state index in [4.69, 9.17) is 5.11 Å². The van der Waals surface area contributed by atoms with Crippen molar-refractivity contribution in [1.82, 2.24) is 0 Å². The highest BCUT2D eigenvalue weighted by atomic mass is 16.4. The molecular weight excluding hydrogens is 316 g/mol. The van der Waals surface area contributed by atoms with Gasteiger partial charge in [-0.15, -0.1) is 0 Å². The van der Waals surface area contributed by atoms with Crippen molar-refractivity contribution in [3.8, 4) is 0 Å². The molecule has 25 heavy (non-hydrogen) atoms. The minimum Gasteiger partial charge on any atom is -0.481 e. The fourth-order valence-electron chi connectivity index (χ4n) is 4.14. The van der Waals surface area contributed by atoms with E-state index >= 15 is 0 Å². The van der Waals surface area contributed by atoms with Crippen molar-refractivity contribution >= 4 is 5.97 Å². The monoisotopic (exact) mass is 348 g/mol. The molecule has 0 bridgehead atoms. The van der Waals surface area contributed by atoms with E-state index in [-0.39, 0.29) is 12.5 Å². The lowest BCUT2D eigenvalue weighted by molar-refractivity contribution is -0.137. The van der Waals surface area contributed by atoms with Crippen molar-refractivity contribution < 1.29 is 20.1 Å². The van der Waals surface area contributed by atoms with Crippen molar-refractivity contribution in [2.24, 2.45) is 11.8 Å². The fraction of sp³-hybridized carbons (Fsp3) is 0.667. The normalized spacial score (nSPS) is 24.3. The smallest absolute Gasteiger partial charge is 0.303 e. The van der Waals surface area contributed by atoms with E-state index in [1.807, 2.05) is 30.3 Å². The summed E-state index contributed by atoms with van der Waals surface area (Å²) in [6.07, 6.45) is 8.05. The number of hydrogen-bond donors (Lipinski definition) is 3. The third kappa shape index (κ3) is 6.79. The molecular formula is C21H32O4. The van der Waals surface area contributed by atoms with Crippen LogP contribution in [0, 0.1) is 11.8 Å². The second-order valence-corrected chi connectivity index (χ2v) is 7.42. The van der Waals surface area contributed by atoms with Gasteiger partial charge in [0.15, 0.2) is 0 Å². The predicted molar refractivity (Wildman–Crippen MR) is 98.2 cm³/mol. The Hall–Kier alpha value is -1.39. The third-order valence-corrected chi connectivity index (χ3v) is 5.61. The molecule has 2 rings (SSSR count). The Morgan fingerprint density at radius 1 is 1.04 bits per heavy atom.